The zero-order chi connectivity index (χ0) is 23.5. The summed E-state index contributed by atoms with van der Waals surface area (Å²) in [5, 5.41) is 47.2. The van der Waals surface area contributed by atoms with Gasteiger partial charge in [-0.1, -0.05) is 42.5 Å². The Morgan fingerprint density at radius 1 is 1.03 bits per heavy atom. The summed E-state index contributed by atoms with van der Waals surface area (Å²) in [6, 6.07) is 18.0. The van der Waals surface area contributed by atoms with Crippen molar-refractivity contribution in [2.45, 2.75) is 44.0 Å². The molecule has 9 nitrogen and oxygen atoms in total. The van der Waals surface area contributed by atoms with E-state index in [0.717, 1.165) is 11.3 Å². The summed E-state index contributed by atoms with van der Waals surface area (Å²) in [7, 11) is 0. The van der Waals surface area contributed by atoms with Crippen LogP contribution in [-0.2, 0) is 11.3 Å². The third-order valence-electron chi connectivity index (χ3n) is 5.69. The van der Waals surface area contributed by atoms with E-state index >= 15 is 0 Å². The van der Waals surface area contributed by atoms with Crippen molar-refractivity contribution in [2.75, 3.05) is 11.9 Å². The fraction of sp³-hybridized carbons (Fsp3) is 0.333. The van der Waals surface area contributed by atoms with E-state index in [2.05, 4.69) is 10.4 Å². The van der Waals surface area contributed by atoms with E-state index in [1.165, 1.54) is 0 Å². The van der Waals surface area contributed by atoms with Gasteiger partial charge in [-0.15, -0.1) is 0 Å². The number of nitrogens with one attached hydrogen (secondary N) is 1. The second kappa shape index (κ2) is 9.82. The lowest BCUT2D eigenvalue weighted by Gasteiger charge is -2.40. The van der Waals surface area contributed by atoms with Crippen molar-refractivity contribution in [3.8, 4) is 0 Å². The number of hydrogen-bond donors (Lipinski definition) is 5. The van der Waals surface area contributed by atoms with Crippen molar-refractivity contribution in [2.24, 2.45) is 0 Å². The minimum atomic E-state index is -1.49. The summed E-state index contributed by atoms with van der Waals surface area (Å²) in [6.45, 7) is 1.82. The molecule has 9 heteroatoms. The number of aryl methyl sites for hydroxylation is 1. The van der Waals surface area contributed by atoms with Crippen molar-refractivity contribution in [1.29, 1.82) is 0 Å². The van der Waals surface area contributed by atoms with Crippen molar-refractivity contribution < 1.29 is 30.0 Å². The van der Waals surface area contributed by atoms with Crippen LogP contribution in [0.1, 0.15) is 33.3 Å². The first-order valence-electron chi connectivity index (χ1n) is 10.7. The van der Waals surface area contributed by atoms with Crippen LogP contribution in [0.4, 0.5) is 5.82 Å². The van der Waals surface area contributed by atoms with Crippen molar-refractivity contribution in [1.82, 2.24) is 9.78 Å². The maximum absolute atomic E-state index is 13.0. The number of anilines is 1. The molecular formula is C24H27N3O6. The van der Waals surface area contributed by atoms with Crippen molar-refractivity contribution in [3.63, 3.8) is 0 Å². The van der Waals surface area contributed by atoms with E-state index in [-0.39, 0.29) is 5.91 Å². The van der Waals surface area contributed by atoms with Gasteiger partial charge < -0.3 is 30.5 Å². The molecule has 5 atom stereocenters. The molecule has 1 fully saturated rings. The molecular weight excluding hydrogens is 426 g/mol. The fourth-order valence-electron chi connectivity index (χ4n) is 3.95. The molecule has 174 valence electrons. The Labute approximate surface area is 190 Å². The molecule has 0 saturated carbocycles. The highest BCUT2D eigenvalue weighted by Gasteiger charge is 2.44. The molecule has 5 N–H and O–H groups in total. The maximum Gasteiger partial charge on any atom is 0.256 e. The zero-order valence-corrected chi connectivity index (χ0v) is 18.1. The van der Waals surface area contributed by atoms with Gasteiger partial charge in [0.2, 0.25) is 0 Å². The second-order valence-electron chi connectivity index (χ2n) is 8.14. The molecule has 2 heterocycles. The smallest absolute Gasteiger partial charge is 0.256 e. The summed E-state index contributed by atoms with van der Waals surface area (Å²) in [5.74, 6) is 0.162. The van der Waals surface area contributed by atoms with Crippen LogP contribution in [0.15, 0.2) is 60.7 Å². The Morgan fingerprint density at radius 3 is 2.52 bits per heavy atom. The maximum atomic E-state index is 13.0. The van der Waals surface area contributed by atoms with Crippen LogP contribution < -0.4 is 5.32 Å². The number of aliphatic hydroxyl groups excluding tert-OH is 4. The number of hydrogen-bond acceptors (Lipinski definition) is 7. The summed E-state index contributed by atoms with van der Waals surface area (Å²) in [6.07, 6.45) is -6.40. The zero-order valence-electron chi connectivity index (χ0n) is 18.1. The van der Waals surface area contributed by atoms with Gasteiger partial charge in [-0.25, -0.2) is 4.68 Å². The quantitative estimate of drug-likeness (QED) is 0.376. The van der Waals surface area contributed by atoms with Gasteiger partial charge in [-0.05, 0) is 30.2 Å². The van der Waals surface area contributed by atoms with E-state index < -0.39 is 37.1 Å². The SMILES string of the molecule is Cc1cc(NC(=O)c2cccc([C@H]3O[C@H](CO)[C@@H](O)[C@H](O)[C@H]3O)c2)n(Cc2ccccc2)n1. The topological polar surface area (TPSA) is 137 Å². The summed E-state index contributed by atoms with van der Waals surface area (Å²) < 4.78 is 7.31. The normalized spacial score (nSPS) is 25.1. The molecule has 0 spiro atoms. The van der Waals surface area contributed by atoms with Gasteiger partial charge in [0.15, 0.2) is 0 Å². The second-order valence-corrected chi connectivity index (χ2v) is 8.14. The number of benzene rings is 2. The Bertz CT molecular complexity index is 1100. The molecule has 1 aliphatic rings. The van der Waals surface area contributed by atoms with Crippen LogP contribution in [0.3, 0.4) is 0 Å². The Kier molecular flexibility index (Phi) is 6.87. The van der Waals surface area contributed by atoms with E-state index in [9.17, 15) is 25.2 Å². The number of carbonyl (C=O) groups is 1. The van der Waals surface area contributed by atoms with Crippen molar-refractivity contribution in [3.05, 3.63) is 83.0 Å². The largest absolute Gasteiger partial charge is 0.394 e. The third-order valence-corrected chi connectivity index (χ3v) is 5.69. The number of carbonyl (C=O) groups excluding carboxylic acids is 1. The summed E-state index contributed by atoms with van der Waals surface area (Å²) in [5.41, 5.74) is 2.56. The lowest BCUT2D eigenvalue weighted by Crippen LogP contribution is -2.55. The van der Waals surface area contributed by atoms with E-state index in [1.54, 1.807) is 35.0 Å². The summed E-state index contributed by atoms with van der Waals surface area (Å²) in [4.78, 5) is 13.0. The van der Waals surface area contributed by atoms with Gasteiger partial charge in [0.05, 0.1) is 18.8 Å². The first-order chi connectivity index (χ1) is 15.9. The van der Waals surface area contributed by atoms with Gasteiger partial charge in [-0.2, -0.15) is 5.10 Å². The number of rotatable bonds is 6. The number of amides is 1. The van der Waals surface area contributed by atoms with Crippen molar-refractivity contribution >= 4 is 11.7 Å². The van der Waals surface area contributed by atoms with Crippen LogP contribution in [0.5, 0.6) is 0 Å². The number of ether oxygens (including phenoxy) is 1. The lowest BCUT2D eigenvalue weighted by molar-refractivity contribution is -0.231. The molecule has 1 aromatic heterocycles. The Balaban J connectivity index is 1.53. The number of aliphatic hydroxyl groups is 4. The van der Waals surface area contributed by atoms with Crippen LogP contribution in [0.25, 0.3) is 0 Å². The molecule has 1 saturated heterocycles. The van der Waals surface area contributed by atoms with Gasteiger partial charge >= 0.3 is 0 Å². The average Bonchev–Trinajstić information content (AvgIpc) is 3.16. The highest BCUT2D eigenvalue weighted by Crippen LogP contribution is 2.32. The molecule has 3 aromatic rings. The standard InChI is InChI=1S/C24H27N3O6/c1-14-10-19(27(26-14)12-15-6-3-2-4-7-15)25-24(32)17-9-5-8-16(11-17)23-22(31)21(30)20(29)18(13-28)33-23/h2-11,18,20-23,28-31H,12-13H2,1H3,(H,25,32)/t18-,20-,21+,22-,23-/m1/s1. The van der Waals surface area contributed by atoms with Gasteiger partial charge in [0, 0.05) is 11.6 Å². The third kappa shape index (κ3) is 4.97. The molecule has 33 heavy (non-hydrogen) atoms. The molecule has 1 aliphatic heterocycles. The van der Waals surface area contributed by atoms with E-state index in [4.69, 9.17) is 4.74 Å². The number of nitrogens with zero attached hydrogens (tertiary/aromatic N) is 2. The Hall–Kier alpha value is -3.08. The fourth-order valence-corrected chi connectivity index (χ4v) is 3.95. The average molecular weight is 453 g/mol. The molecule has 0 bridgehead atoms. The Morgan fingerprint density at radius 2 is 1.79 bits per heavy atom. The first kappa shape index (κ1) is 23.1. The molecule has 0 aliphatic carbocycles. The monoisotopic (exact) mass is 453 g/mol. The number of aromatic nitrogens is 2. The predicted molar refractivity (Wildman–Crippen MR) is 120 cm³/mol. The highest BCUT2D eigenvalue weighted by molar-refractivity contribution is 6.04. The van der Waals surface area contributed by atoms with Gasteiger partial charge in [-0.3, -0.25) is 4.79 Å². The van der Waals surface area contributed by atoms with E-state index in [0.29, 0.717) is 23.5 Å². The molecule has 0 radical (unpaired) electrons. The minimum absolute atomic E-state index is 0.314. The summed E-state index contributed by atoms with van der Waals surface area (Å²) >= 11 is 0. The van der Waals surface area contributed by atoms with Gasteiger partial charge in [0.25, 0.3) is 5.91 Å². The van der Waals surface area contributed by atoms with Crippen LogP contribution in [0.2, 0.25) is 0 Å². The van der Waals surface area contributed by atoms with Crippen LogP contribution in [0, 0.1) is 6.92 Å². The van der Waals surface area contributed by atoms with E-state index in [1.807, 2.05) is 37.3 Å². The lowest BCUT2D eigenvalue weighted by atomic mass is 9.90. The van der Waals surface area contributed by atoms with Gasteiger partial charge in [0.1, 0.15) is 36.3 Å². The molecule has 2 aromatic carbocycles. The molecule has 0 unspecified atom stereocenters. The van der Waals surface area contributed by atoms with Crippen LogP contribution in [-0.4, -0.2) is 67.1 Å². The highest BCUT2D eigenvalue weighted by atomic mass is 16.5. The predicted octanol–water partition coefficient (Wildman–Crippen LogP) is 1.01. The molecule has 1 amide bonds. The first-order valence-corrected chi connectivity index (χ1v) is 10.7. The van der Waals surface area contributed by atoms with Crippen LogP contribution >= 0.6 is 0 Å². The molecule has 4 rings (SSSR count). The minimum Gasteiger partial charge on any atom is -0.394 e.